The largest absolute Gasteiger partial charge is 0.363 e. The predicted molar refractivity (Wildman–Crippen MR) is 82.2 cm³/mol. The van der Waals surface area contributed by atoms with E-state index < -0.39 is 0 Å². The van der Waals surface area contributed by atoms with Crippen molar-refractivity contribution in [2.24, 2.45) is 5.73 Å². The maximum atomic E-state index is 5.74. The molecule has 2 heterocycles. The fourth-order valence-electron chi connectivity index (χ4n) is 3.02. The number of hydrogen-bond donors (Lipinski definition) is 1. The van der Waals surface area contributed by atoms with Crippen molar-refractivity contribution < 1.29 is 4.52 Å². The zero-order valence-corrected chi connectivity index (χ0v) is 12.5. The molecule has 1 aromatic carbocycles. The highest BCUT2D eigenvalue weighted by molar-refractivity contribution is 5.60. The minimum absolute atomic E-state index is 0.508. The van der Waals surface area contributed by atoms with E-state index >= 15 is 0 Å². The van der Waals surface area contributed by atoms with Crippen LogP contribution < -0.4 is 10.6 Å². The first-order valence-corrected chi connectivity index (χ1v) is 7.67. The van der Waals surface area contributed by atoms with Gasteiger partial charge in [0.1, 0.15) is 0 Å². The van der Waals surface area contributed by atoms with Crippen LogP contribution in [0.2, 0.25) is 0 Å². The predicted octanol–water partition coefficient (Wildman–Crippen LogP) is 2.47. The Balaban J connectivity index is 1.76. The van der Waals surface area contributed by atoms with Gasteiger partial charge in [-0.2, -0.15) is 4.98 Å². The molecule has 1 aliphatic heterocycles. The van der Waals surface area contributed by atoms with E-state index in [1.165, 1.54) is 11.3 Å². The molecule has 0 aliphatic carbocycles. The molecule has 0 saturated heterocycles. The monoisotopic (exact) mass is 286 g/mol. The lowest BCUT2D eigenvalue weighted by atomic mass is 9.98. The minimum Gasteiger partial charge on any atom is -0.363 e. The lowest BCUT2D eigenvalue weighted by Gasteiger charge is -2.17. The number of rotatable bonds is 6. The van der Waals surface area contributed by atoms with Crippen molar-refractivity contribution in [2.45, 2.75) is 38.6 Å². The Kier molecular flexibility index (Phi) is 4.20. The van der Waals surface area contributed by atoms with Crippen molar-refractivity contribution in [3.8, 4) is 0 Å². The number of anilines is 1. The van der Waals surface area contributed by atoms with Gasteiger partial charge in [0.05, 0.1) is 6.54 Å². The topological polar surface area (TPSA) is 68.2 Å². The van der Waals surface area contributed by atoms with Crippen molar-refractivity contribution in [3.63, 3.8) is 0 Å². The van der Waals surface area contributed by atoms with Crippen molar-refractivity contribution in [2.75, 3.05) is 18.0 Å². The van der Waals surface area contributed by atoms with Crippen LogP contribution in [-0.2, 0) is 13.0 Å². The van der Waals surface area contributed by atoms with Crippen LogP contribution in [0.25, 0.3) is 0 Å². The van der Waals surface area contributed by atoms with Gasteiger partial charge in [-0.3, -0.25) is 0 Å². The molecule has 1 unspecified atom stereocenters. The second-order valence-electron chi connectivity index (χ2n) is 5.57. The van der Waals surface area contributed by atoms with Gasteiger partial charge in [-0.25, -0.2) is 0 Å². The van der Waals surface area contributed by atoms with Crippen molar-refractivity contribution in [1.29, 1.82) is 0 Å². The molecule has 0 spiro atoms. The maximum Gasteiger partial charge on any atom is 0.226 e. The van der Waals surface area contributed by atoms with Gasteiger partial charge in [0.15, 0.2) is 5.82 Å². The zero-order chi connectivity index (χ0) is 14.7. The Morgan fingerprint density at radius 3 is 3.05 bits per heavy atom. The van der Waals surface area contributed by atoms with Crippen LogP contribution in [0.15, 0.2) is 28.8 Å². The van der Waals surface area contributed by atoms with E-state index in [0.717, 1.165) is 44.1 Å². The summed E-state index contributed by atoms with van der Waals surface area (Å²) in [6, 6.07) is 8.54. The summed E-state index contributed by atoms with van der Waals surface area (Å²) in [5, 5.41) is 4.09. The van der Waals surface area contributed by atoms with Gasteiger partial charge in [-0.05, 0) is 31.0 Å². The van der Waals surface area contributed by atoms with Crippen molar-refractivity contribution in [3.05, 3.63) is 41.5 Å². The Morgan fingerprint density at radius 1 is 1.38 bits per heavy atom. The Bertz CT molecular complexity index is 595. The molecule has 0 bridgehead atoms. The van der Waals surface area contributed by atoms with E-state index in [1.54, 1.807) is 0 Å². The summed E-state index contributed by atoms with van der Waals surface area (Å²) in [7, 11) is 0. The van der Waals surface area contributed by atoms with Crippen LogP contribution in [0.5, 0.6) is 0 Å². The molecule has 0 radical (unpaired) electrons. The highest BCUT2D eigenvalue weighted by Crippen LogP contribution is 2.38. The smallest absolute Gasteiger partial charge is 0.226 e. The average molecular weight is 286 g/mol. The molecular formula is C16H22N4O. The second-order valence-corrected chi connectivity index (χ2v) is 5.57. The standard InChI is InChI=1S/C16H22N4O/c1-2-5-16-18-15(19-21-16)11-20-10-12(8-9-17)13-6-3-4-7-14(13)20/h3-4,6-7,12H,2,5,8-11,17H2,1H3. The van der Waals surface area contributed by atoms with Gasteiger partial charge in [-0.15, -0.1) is 0 Å². The molecule has 3 rings (SSSR count). The van der Waals surface area contributed by atoms with Crippen molar-refractivity contribution >= 4 is 5.69 Å². The van der Waals surface area contributed by atoms with Gasteiger partial charge < -0.3 is 15.2 Å². The quantitative estimate of drug-likeness (QED) is 0.883. The lowest BCUT2D eigenvalue weighted by molar-refractivity contribution is 0.371. The Morgan fingerprint density at radius 2 is 2.24 bits per heavy atom. The highest BCUT2D eigenvalue weighted by atomic mass is 16.5. The summed E-state index contributed by atoms with van der Waals surface area (Å²) in [5.74, 6) is 2.01. The third kappa shape index (κ3) is 2.93. The molecule has 5 heteroatoms. The first kappa shape index (κ1) is 14.1. The van der Waals surface area contributed by atoms with E-state index in [0.29, 0.717) is 12.5 Å². The maximum absolute atomic E-state index is 5.74. The normalized spacial score (nSPS) is 17.2. The number of benzene rings is 1. The molecule has 1 aromatic heterocycles. The molecule has 112 valence electrons. The van der Waals surface area contributed by atoms with E-state index in [1.807, 2.05) is 0 Å². The number of para-hydroxylation sites is 1. The Labute approximate surface area is 125 Å². The number of fused-ring (bicyclic) bond motifs is 1. The van der Waals surface area contributed by atoms with E-state index in [9.17, 15) is 0 Å². The van der Waals surface area contributed by atoms with Crippen LogP contribution >= 0.6 is 0 Å². The molecule has 0 fully saturated rings. The molecule has 0 saturated carbocycles. The van der Waals surface area contributed by atoms with E-state index in [-0.39, 0.29) is 0 Å². The first-order chi connectivity index (χ1) is 10.3. The average Bonchev–Trinajstić information content (AvgIpc) is 3.07. The molecule has 1 atom stereocenters. The van der Waals surface area contributed by atoms with Gasteiger partial charge in [0.25, 0.3) is 0 Å². The summed E-state index contributed by atoms with van der Waals surface area (Å²) < 4.78 is 5.27. The molecule has 5 nitrogen and oxygen atoms in total. The van der Waals surface area contributed by atoms with Crippen molar-refractivity contribution in [1.82, 2.24) is 10.1 Å². The van der Waals surface area contributed by atoms with E-state index in [2.05, 4.69) is 46.2 Å². The molecular weight excluding hydrogens is 264 g/mol. The van der Waals surface area contributed by atoms with Gasteiger partial charge in [0.2, 0.25) is 5.89 Å². The molecule has 2 aromatic rings. The van der Waals surface area contributed by atoms with E-state index in [4.69, 9.17) is 10.3 Å². The van der Waals surface area contributed by atoms with Crippen LogP contribution in [0.1, 0.15) is 43.0 Å². The summed E-state index contributed by atoms with van der Waals surface area (Å²) >= 11 is 0. The van der Waals surface area contributed by atoms with Crippen LogP contribution in [0, 0.1) is 0 Å². The summed E-state index contributed by atoms with van der Waals surface area (Å²) in [5.41, 5.74) is 8.41. The lowest BCUT2D eigenvalue weighted by Crippen LogP contribution is -2.22. The molecule has 1 aliphatic rings. The minimum atomic E-state index is 0.508. The van der Waals surface area contributed by atoms with Gasteiger partial charge in [0, 0.05) is 24.6 Å². The summed E-state index contributed by atoms with van der Waals surface area (Å²) in [6.07, 6.45) is 2.88. The third-order valence-corrected chi connectivity index (χ3v) is 3.98. The number of nitrogens with two attached hydrogens (primary N) is 1. The molecule has 0 amide bonds. The zero-order valence-electron chi connectivity index (χ0n) is 12.5. The second kappa shape index (κ2) is 6.26. The number of aryl methyl sites for hydroxylation is 1. The van der Waals surface area contributed by atoms with Crippen LogP contribution in [0.3, 0.4) is 0 Å². The first-order valence-electron chi connectivity index (χ1n) is 7.67. The highest BCUT2D eigenvalue weighted by Gasteiger charge is 2.28. The summed E-state index contributed by atoms with van der Waals surface area (Å²) in [6.45, 7) is 4.51. The van der Waals surface area contributed by atoms with Gasteiger partial charge in [-0.1, -0.05) is 30.3 Å². The summed E-state index contributed by atoms with van der Waals surface area (Å²) in [4.78, 5) is 6.79. The van der Waals surface area contributed by atoms with Gasteiger partial charge >= 0.3 is 0 Å². The number of nitrogens with zero attached hydrogens (tertiary/aromatic N) is 3. The number of aromatic nitrogens is 2. The fraction of sp³-hybridized carbons (Fsp3) is 0.500. The molecule has 21 heavy (non-hydrogen) atoms. The molecule has 2 N–H and O–H groups in total. The van der Waals surface area contributed by atoms with Crippen LogP contribution in [-0.4, -0.2) is 23.2 Å². The number of hydrogen-bond acceptors (Lipinski definition) is 5. The third-order valence-electron chi connectivity index (χ3n) is 3.98. The fourth-order valence-corrected chi connectivity index (χ4v) is 3.02. The van der Waals surface area contributed by atoms with Crippen LogP contribution in [0.4, 0.5) is 5.69 Å². The Hall–Kier alpha value is -1.88. The SMILES string of the molecule is CCCc1nc(CN2CC(CCN)c3ccccc32)no1.